The maximum absolute atomic E-state index is 10.2. The van der Waals surface area contributed by atoms with Crippen molar-refractivity contribution in [3.8, 4) is 17.2 Å². The summed E-state index contributed by atoms with van der Waals surface area (Å²) in [6.45, 7) is 7.07. The molecule has 0 fully saturated rings. The van der Waals surface area contributed by atoms with E-state index >= 15 is 0 Å². The van der Waals surface area contributed by atoms with Gasteiger partial charge in [-0.25, -0.2) is 0 Å². The summed E-state index contributed by atoms with van der Waals surface area (Å²) in [5.41, 5.74) is 2.17. The highest BCUT2D eigenvalue weighted by Gasteiger charge is 2.18. The van der Waals surface area contributed by atoms with Gasteiger partial charge < -0.3 is 14.9 Å². The van der Waals surface area contributed by atoms with E-state index in [0.29, 0.717) is 12.4 Å². The van der Waals surface area contributed by atoms with Crippen LogP contribution in [0.4, 0.5) is 0 Å². The van der Waals surface area contributed by atoms with Crippen molar-refractivity contribution in [1.82, 2.24) is 0 Å². The number of rotatable bonds is 12. The molecule has 1 aromatic carbocycles. The van der Waals surface area contributed by atoms with Gasteiger partial charge in [0.2, 0.25) is 5.75 Å². The predicted octanol–water partition coefficient (Wildman–Crippen LogP) is 5.74. The Hall–Kier alpha value is -1.38. The number of benzene rings is 1. The average molecular weight is 322 g/mol. The van der Waals surface area contributed by atoms with Crippen LogP contribution in [0.15, 0.2) is 6.07 Å². The zero-order valence-corrected chi connectivity index (χ0v) is 15.2. The summed E-state index contributed by atoms with van der Waals surface area (Å²) in [7, 11) is 0. The molecular formula is C20H34O3. The molecule has 0 heterocycles. The molecule has 0 saturated heterocycles. The number of phenolic OH excluding ortho intramolecular Hbond substituents is 2. The molecule has 0 saturated carbocycles. The first-order chi connectivity index (χ1) is 11.2. The first kappa shape index (κ1) is 19.7. The Labute approximate surface area is 141 Å². The van der Waals surface area contributed by atoms with Gasteiger partial charge in [-0.1, -0.05) is 65.7 Å². The van der Waals surface area contributed by atoms with Gasteiger partial charge in [-0.05, 0) is 30.9 Å². The lowest BCUT2D eigenvalue weighted by Crippen LogP contribution is -2.04. The molecule has 0 aliphatic rings. The summed E-state index contributed by atoms with van der Waals surface area (Å²) in [5, 5.41) is 20.2. The molecule has 2 N–H and O–H groups in total. The predicted molar refractivity (Wildman–Crippen MR) is 96.6 cm³/mol. The van der Waals surface area contributed by atoms with E-state index in [1.807, 2.05) is 0 Å². The summed E-state index contributed by atoms with van der Waals surface area (Å²) in [6, 6.07) is 1.70. The molecule has 0 aliphatic heterocycles. The monoisotopic (exact) mass is 322 g/mol. The lowest BCUT2D eigenvalue weighted by Gasteiger charge is -2.17. The Morgan fingerprint density at radius 3 is 2.13 bits per heavy atom. The van der Waals surface area contributed by atoms with Gasteiger partial charge in [0.05, 0.1) is 6.61 Å². The van der Waals surface area contributed by atoms with Gasteiger partial charge in [-0.3, -0.25) is 0 Å². The standard InChI is InChI=1S/C20H34O3/c1-4-7-8-9-10-11-14-23-20-17(13-6-3)16(12-5-2)15-18(21)19(20)22/h15,21-22H,4-14H2,1-3H3. The number of hydrogen-bond donors (Lipinski definition) is 2. The molecular weight excluding hydrogens is 288 g/mol. The highest BCUT2D eigenvalue weighted by Crippen LogP contribution is 2.41. The fourth-order valence-corrected chi connectivity index (χ4v) is 2.95. The minimum atomic E-state index is -0.0979. The number of phenols is 2. The van der Waals surface area contributed by atoms with E-state index in [9.17, 15) is 10.2 Å². The van der Waals surface area contributed by atoms with Crippen LogP contribution in [0.3, 0.4) is 0 Å². The molecule has 132 valence electrons. The van der Waals surface area contributed by atoms with Gasteiger partial charge in [0.25, 0.3) is 0 Å². The van der Waals surface area contributed by atoms with Gasteiger partial charge in [0.1, 0.15) is 0 Å². The number of aromatic hydroxyl groups is 2. The zero-order chi connectivity index (χ0) is 17.1. The lowest BCUT2D eigenvalue weighted by atomic mass is 9.97. The van der Waals surface area contributed by atoms with Crippen LogP contribution in [0, 0.1) is 0 Å². The van der Waals surface area contributed by atoms with E-state index < -0.39 is 0 Å². The Bertz CT molecular complexity index is 455. The molecule has 3 nitrogen and oxygen atoms in total. The van der Waals surface area contributed by atoms with E-state index in [-0.39, 0.29) is 11.5 Å². The van der Waals surface area contributed by atoms with E-state index in [1.54, 1.807) is 6.07 Å². The molecule has 1 rings (SSSR count). The summed E-state index contributed by atoms with van der Waals surface area (Å²) < 4.78 is 5.88. The van der Waals surface area contributed by atoms with Crippen molar-refractivity contribution < 1.29 is 14.9 Å². The third-order valence-corrected chi connectivity index (χ3v) is 4.19. The second-order valence-electron chi connectivity index (χ2n) is 6.33. The molecule has 0 aliphatic carbocycles. The third kappa shape index (κ3) is 6.32. The molecule has 3 heteroatoms. The fraction of sp³-hybridized carbons (Fsp3) is 0.700. The average Bonchev–Trinajstić information content (AvgIpc) is 2.54. The molecule has 0 atom stereocenters. The van der Waals surface area contributed by atoms with Crippen molar-refractivity contribution in [3.05, 3.63) is 17.2 Å². The van der Waals surface area contributed by atoms with Crippen LogP contribution >= 0.6 is 0 Å². The van der Waals surface area contributed by atoms with Crippen LogP contribution in [0.2, 0.25) is 0 Å². The Morgan fingerprint density at radius 2 is 1.48 bits per heavy atom. The molecule has 1 aromatic rings. The largest absolute Gasteiger partial charge is 0.504 e. The summed E-state index contributed by atoms with van der Waals surface area (Å²) >= 11 is 0. The smallest absolute Gasteiger partial charge is 0.200 e. The van der Waals surface area contributed by atoms with Crippen molar-refractivity contribution in [2.24, 2.45) is 0 Å². The second kappa shape index (κ2) is 11.2. The molecule has 0 amide bonds. The molecule has 0 bridgehead atoms. The summed E-state index contributed by atoms with van der Waals surface area (Å²) in [4.78, 5) is 0. The Balaban J connectivity index is 2.71. The van der Waals surface area contributed by atoms with Gasteiger partial charge in [0, 0.05) is 5.56 Å². The Kier molecular flexibility index (Phi) is 9.58. The normalized spacial score (nSPS) is 10.9. The topological polar surface area (TPSA) is 49.7 Å². The molecule has 0 aromatic heterocycles. The van der Waals surface area contributed by atoms with E-state index in [1.165, 1.54) is 25.7 Å². The first-order valence-electron chi connectivity index (χ1n) is 9.35. The number of ether oxygens (including phenoxy) is 1. The van der Waals surface area contributed by atoms with Gasteiger partial charge >= 0.3 is 0 Å². The lowest BCUT2D eigenvalue weighted by molar-refractivity contribution is 0.279. The van der Waals surface area contributed by atoms with Crippen LogP contribution in [-0.2, 0) is 12.8 Å². The maximum atomic E-state index is 10.2. The summed E-state index contributed by atoms with van der Waals surface area (Å²) in [6.07, 6.45) is 11.0. The quantitative estimate of drug-likeness (QED) is 0.381. The van der Waals surface area contributed by atoms with E-state index in [2.05, 4.69) is 20.8 Å². The van der Waals surface area contributed by atoms with Gasteiger partial charge in [-0.2, -0.15) is 0 Å². The highest BCUT2D eigenvalue weighted by atomic mass is 16.5. The number of aryl methyl sites for hydroxylation is 1. The van der Waals surface area contributed by atoms with Crippen LogP contribution in [-0.4, -0.2) is 16.8 Å². The van der Waals surface area contributed by atoms with Crippen molar-refractivity contribution in [2.75, 3.05) is 6.61 Å². The SMILES string of the molecule is CCCCCCCCOc1c(O)c(O)cc(CCC)c1CCC. The van der Waals surface area contributed by atoms with Crippen molar-refractivity contribution in [2.45, 2.75) is 85.0 Å². The van der Waals surface area contributed by atoms with Crippen LogP contribution in [0.25, 0.3) is 0 Å². The molecule has 23 heavy (non-hydrogen) atoms. The van der Waals surface area contributed by atoms with E-state index in [0.717, 1.165) is 49.7 Å². The second-order valence-corrected chi connectivity index (χ2v) is 6.33. The van der Waals surface area contributed by atoms with Gasteiger partial charge in [-0.15, -0.1) is 0 Å². The van der Waals surface area contributed by atoms with Crippen LogP contribution < -0.4 is 4.74 Å². The molecule has 0 radical (unpaired) electrons. The van der Waals surface area contributed by atoms with Crippen molar-refractivity contribution >= 4 is 0 Å². The maximum Gasteiger partial charge on any atom is 0.200 e. The number of unbranched alkanes of at least 4 members (excludes halogenated alkanes) is 5. The number of hydrogen-bond acceptors (Lipinski definition) is 3. The third-order valence-electron chi connectivity index (χ3n) is 4.19. The van der Waals surface area contributed by atoms with Crippen LogP contribution in [0.5, 0.6) is 17.2 Å². The highest BCUT2D eigenvalue weighted by molar-refractivity contribution is 5.57. The fourth-order valence-electron chi connectivity index (χ4n) is 2.95. The minimum Gasteiger partial charge on any atom is -0.504 e. The van der Waals surface area contributed by atoms with Crippen molar-refractivity contribution in [3.63, 3.8) is 0 Å². The zero-order valence-electron chi connectivity index (χ0n) is 15.2. The minimum absolute atomic E-state index is 0.0637. The van der Waals surface area contributed by atoms with E-state index in [4.69, 9.17) is 4.74 Å². The first-order valence-corrected chi connectivity index (χ1v) is 9.35. The Morgan fingerprint density at radius 1 is 0.826 bits per heavy atom. The van der Waals surface area contributed by atoms with Gasteiger partial charge in [0.15, 0.2) is 11.5 Å². The van der Waals surface area contributed by atoms with Crippen LogP contribution in [0.1, 0.15) is 83.3 Å². The molecule has 0 unspecified atom stereocenters. The molecule has 0 spiro atoms. The summed E-state index contributed by atoms with van der Waals surface area (Å²) in [5.74, 6) is 0.342. The van der Waals surface area contributed by atoms with Crippen molar-refractivity contribution in [1.29, 1.82) is 0 Å².